The molecule has 0 aromatic heterocycles. The fraction of sp³-hybridized carbons (Fsp3) is 0.500. The predicted molar refractivity (Wildman–Crippen MR) is 87.2 cm³/mol. The van der Waals surface area contributed by atoms with E-state index in [0.29, 0.717) is 17.9 Å². The van der Waals surface area contributed by atoms with Crippen LogP contribution in [-0.4, -0.2) is 17.6 Å². The first-order valence-electron chi connectivity index (χ1n) is 7.22. The highest BCUT2D eigenvalue weighted by Crippen LogP contribution is 2.24. The SMILES string of the molecule is CCCC(CCNc1cccc(Br)c1C#N)CCC(=O)O. The monoisotopic (exact) mass is 352 g/mol. The van der Waals surface area contributed by atoms with E-state index in [1.807, 2.05) is 18.2 Å². The van der Waals surface area contributed by atoms with Crippen LogP contribution in [0.3, 0.4) is 0 Å². The van der Waals surface area contributed by atoms with Crippen LogP contribution in [0.1, 0.15) is 44.6 Å². The van der Waals surface area contributed by atoms with Gasteiger partial charge in [-0.1, -0.05) is 25.8 Å². The summed E-state index contributed by atoms with van der Waals surface area (Å²) in [5.41, 5.74) is 1.43. The van der Waals surface area contributed by atoms with Gasteiger partial charge in [0.05, 0.1) is 11.3 Å². The second kappa shape index (κ2) is 9.41. The van der Waals surface area contributed by atoms with Crippen LogP contribution in [0.25, 0.3) is 0 Å². The topological polar surface area (TPSA) is 73.1 Å². The largest absolute Gasteiger partial charge is 0.481 e. The molecule has 2 N–H and O–H groups in total. The lowest BCUT2D eigenvalue weighted by Gasteiger charge is -2.16. The number of nitriles is 1. The molecule has 0 aliphatic rings. The van der Waals surface area contributed by atoms with Gasteiger partial charge in [0.1, 0.15) is 6.07 Å². The van der Waals surface area contributed by atoms with Crippen molar-refractivity contribution in [2.75, 3.05) is 11.9 Å². The van der Waals surface area contributed by atoms with E-state index in [4.69, 9.17) is 10.4 Å². The smallest absolute Gasteiger partial charge is 0.303 e. The number of hydrogen-bond donors (Lipinski definition) is 2. The van der Waals surface area contributed by atoms with E-state index in [1.165, 1.54) is 0 Å². The average molecular weight is 353 g/mol. The van der Waals surface area contributed by atoms with Crippen LogP contribution in [0, 0.1) is 17.2 Å². The molecule has 0 bridgehead atoms. The zero-order valence-corrected chi connectivity index (χ0v) is 13.8. The first-order valence-corrected chi connectivity index (χ1v) is 8.02. The summed E-state index contributed by atoms with van der Waals surface area (Å²) in [6.07, 6.45) is 3.96. The van der Waals surface area contributed by atoms with Crippen molar-refractivity contribution in [3.63, 3.8) is 0 Å². The molecule has 0 aliphatic carbocycles. The van der Waals surface area contributed by atoms with Crippen molar-refractivity contribution in [1.82, 2.24) is 0 Å². The molecule has 1 aromatic carbocycles. The van der Waals surface area contributed by atoms with E-state index in [0.717, 1.165) is 36.0 Å². The van der Waals surface area contributed by atoms with Crippen LogP contribution >= 0.6 is 15.9 Å². The summed E-state index contributed by atoms with van der Waals surface area (Å²) in [6.45, 7) is 2.86. The zero-order valence-electron chi connectivity index (χ0n) is 12.2. The van der Waals surface area contributed by atoms with Crippen LogP contribution in [0.4, 0.5) is 5.69 Å². The number of hydrogen-bond acceptors (Lipinski definition) is 3. The standard InChI is InChI=1S/C16H21BrN2O2/c1-2-4-12(7-8-16(20)21)9-10-19-15-6-3-5-14(17)13(15)11-18/h3,5-6,12,19H,2,4,7-10H2,1H3,(H,20,21). The lowest BCUT2D eigenvalue weighted by atomic mass is 9.94. The Labute approximate surface area is 134 Å². The Kier molecular flexibility index (Phi) is 7.84. The Bertz CT molecular complexity index is 511. The summed E-state index contributed by atoms with van der Waals surface area (Å²) in [6, 6.07) is 7.80. The minimum atomic E-state index is -0.734. The van der Waals surface area contributed by atoms with Gasteiger partial charge in [-0.25, -0.2) is 0 Å². The van der Waals surface area contributed by atoms with E-state index in [2.05, 4.69) is 34.2 Å². The maximum atomic E-state index is 10.7. The number of carbonyl (C=O) groups is 1. The third kappa shape index (κ3) is 6.17. The fourth-order valence-corrected chi connectivity index (χ4v) is 2.82. The second-order valence-electron chi connectivity index (χ2n) is 5.08. The molecule has 1 unspecified atom stereocenters. The molecule has 0 saturated carbocycles. The van der Waals surface area contributed by atoms with Crippen molar-refractivity contribution in [3.05, 3.63) is 28.2 Å². The first kappa shape index (κ1) is 17.5. The first-order chi connectivity index (χ1) is 10.1. The lowest BCUT2D eigenvalue weighted by Crippen LogP contribution is -2.11. The molecule has 1 rings (SSSR count). The molecule has 114 valence electrons. The predicted octanol–water partition coefficient (Wildman–Crippen LogP) is 4.40. The Morgan fingerprint density at radius 2 is 2.19 bits per heavy atom. The Hall–Kier alpha value is -1.54. The summed E-state index contributed by atoms with van der Waals surface area (Å²) >= 11 is 3.37. The van der Waals surface area contributed by atoms with Gasteiger partial charge in [0.25, 0.3) is 0 Å². The Morgan fingerprint density at radius 3 is 2.81 bits per heavy atom. The summed E-state index contributed by atoms with van der Waals surface area (Å²) in [5.74, 6) is -0.320. The molecule has 0 fully saturated rings. The van der Waals surface area contributed by atoms with Crippen LogP contribution in [0.2, 0.25) is 0 Å². The van der Waals surface area contributed by atoms with Crippen LogP contribution in [0.15, 0.2) is 22.7 Å². The number of nitrogens with zero attached hydrogens (tertiary/aromatic N) is 1. The van der Waals surface area contributed by atoms with Crippen molar-refractivity contribution in [2.45, 2.75) is 39.0 Å². The van der Waals surface area contributed by atoms with Crippen molar-refractivity contribution >= 4 is 27.6 Å². The van der Waals surface area contributed by atoms with Gasteiger partial charge in [0, 0.05) is 17.4 Å². The van der Waals surface area contributed by atoms with E-state index in [1.54, 1.807) is 0 Å². The van der Waals surface area contributed by atoms with Crippen LogP contribution in [0.5, 0.6) is 0 Å². The normalized spacial score (nSPS) is 11.7. The molecule has 0 heterocycles. The zero-order chi connectivity index (χ0) is 15.7. The van der Waals surface area contributed by atoms with E-state index in [-0.39, 0.29) is 6.42 Å². The van der Waals surface area contributed by atoms with Crippen molar-refractivity contribution in [1.29, 1.82) is 5.26 Å². The van der Waals surface area contributed by atoms with E-state index in [9.17, 15) is 4.79 Å². The fourth-order valence-electron chi connectivity index (χ4n) is 2.36. The van der Waals surface area contributed by atoms with Crippen LogP contribution in [-0.2, 0) is 4.79 Å². The number of carboxylic acids is 1. The van der Waals surface area contributed by atoms with Crippen molar-refractivity contribution in [3.8, 4) is 6.07 Å². The minimum absolute atomic E-state index is 0.227. The highest BCUT2D eigenvalue weighted by molar-refractivity contribution is 9.10. The molecule has 0 aliphatic heterocycles. The number of halogens is 1. The van der Waals surface area contributed by atoms with E-state index >= 15 is 0 Å². The minimum Gasteiger partial charge on any atom is -0.481 e. The second-order valence-corrected chi connectivity index (χ2v) is 5.93. The number of nitrogens with one attached hydrogen (secondary N) is 1. The summed E-state index contributed by atoms with van der Waals surface area (Å²) in [7, 11) is 0. The highest BCUT2D eigenvalue weighted by Gasteiger charge is 2.11. The molecule has 1 atom stereocenters. The van der Waals surface area contributed by atoms with Gasteiger partial charge in [0.2, 0.25) is 0 Å². The van der Waals surface area contributed by atoms with Gasteiger partial charge in [-0.3, -0.25) is 4.79 Å². The number of carboxylic acid groups (broad SMARTS) is 1. The van der Waals surface area contributed by atoms with Crippen molar-refractivity contribution < 1.29 is 9.90 Å². The number of aliphatic carboxylic acids is 1. The molecule has 4 nitrogen and oxygen atoms in total. The molecular weight excluding hydrogens is 332 g/mol. The third-order valence-electron chi connectivity index (χ3n) is 3.46. The van der Waals surface area contributed by atoms with Gasteiger partial charge < -0.3 is 10.4 Å². The number of anilines is 1. The molecule has 5 heteroatoms. The Balaban J connectivity index is 2.52. The maximum absolute atomic E-state index is 10.7. The van der Waals surface area contributed by atoms with Gasteiger partial charge in [-0.05, 0) is 46.8 Å². The number of rotatable bonds is 9. The molecular formula is C16H21BrN2O2. The summed E-state index contributed by atoms with van der Waals surface area (Å²) in [5, 5.41) is 21.2. The van der Waals surface area contributed by atoms with Gasteiger partial charge in [0.15, 0.2) is 0 Å². The van der Waals surface area contributed by atoms with Gasteiger partial charge in [-0.15, -0.1) is 0 Å². The molecule has 21 heavy (non-hydrogen) atoms. The molecule has 0 saturated heterocycles. The Morgan fingerprint density at radius 1 is 1.43 bits per heavy atom. The van der Waals surface area contributed by atoms with E-state index < -0.39 is 5.97 Å². The number of benzene rings is 1. The summed E-state index contributed by atoms with van der Waals surface area (Å²) in [4.78, 5) is 10.7. The molecule has 1 aromatic rings. The molecule has 0 radical (unpaired) electrons. The van der Waals surface area contributed by atoms with Crippen LogP contribution < -0.4 is 5.32 Å². The van der Waals surface area contributed by atoms with Gasteiger partial charge in [-0.2, -0.15) is 5.26 Å². The lowest BCUT2D eigenvalue weighted by molar-refractivity contribution is -0.137. The quantitative estimate of drug-likeness (QED) is 0.690. The highest BCUT2D eigenvalue weighted by atomic mass is 79.9. The van der Waals surface area contributed by atoms with Crippen molar-refractivity contribution in [2.24, 2.45) is 5.92 Å². The van der Waals surface area contributed by atoms with Gasteiger partial charge >= 0.3 is 5.97 Å². The molecule has 0 amide bonds. The average Bonchev–Trinajstić information content (AvgIpc) is 2.45. The summed E-state index contributed by atoms with van der Waals surface area (Å²) < 4.78 is 0.783. The molecule has 0 spiro atoms. The third-order valence-corrected chi connectivity index (χ3v) is 4.12. The maximum Gasteiger partial charge on any atom is 0.303 e.